The number of aryl methyl sites for hydroxylation is 1. The van der Waals surface area contributed by atoms with Gasteiger partial charge < -0.3 is 5.11 Å². The third kappa shape index (κ3) is 9.86. The van der Waals surface area contributed by atoms with E-state index in [1.807, 2.05) is 110 Å². The topological polar surface area (TPSA) is 50.9 Å². The van der Waals surface area contributed by atoms with Crippen LogP contribution in [0.4, 0.5) is 0 Å². The Hall–Kier alpha value is -6.35. The normalized spacial score (nSPS) is 14.7. The molecule has 0 aliphatic heterocycles. The maximum Gasteiger partial charge on any atom is 0.148 e. The van der Waals surface area contributed by atoms with Gasteiger partial charge >= 0.3 is 0 Å². The van der Waals surface area contributed by atoms with E-state index in [2.05, 4.69) is 91.6 Å². The van der Waals surface area contributed by atoms with Crippen molar-refractivity contribution in [3.8, 4) is 78.6 Å². The van der Waals surface area contributed by atoms with Gasteiger partial charge in [-0.3, -0.25) is 9.55 Å². The molecule has 0 unspecified atom stereocenters. The molecule has 2 heterocycles. The van der Waals surface area contributed by atoms with Crippen LogP contribution < -0.4 is 0 Å². The summed E-state index contributed by atoms with van der Waals surface area (Å²) < 4.78 is 99.1. The number of benzene rings is 7. The summed E-state index contributed by atoms with van der Waals surface area (Å²) in [7, 11) is 0. The van der Waals surface area contributed by atoms with E-state index >= 15 is 0 Å². The van der Waals surface area contributed by atoms with E-state index in [9.17, 15) is 6.48 Å². The molecule has 0 fully saturated rings. The third-order valence-corrected chi connectivity index (χ3v) is 12.9. The van der Waals surface area contributed by atoms with Gasteiger partial charge in [-0.15, -0.1) is 29.3 Å². The Labute approximate surface area is 446 Å². The molecule has 0 saturated heterocycles. The molecule has 70 heavy (non-hydrogen) atoms. The van der Waals surface area contributed by atoms with Gasteiger partial charge in [0.1, 0.15) is 11.6 Å². The Morgan fingerprint density at radius 1 is 0.557 bits per heavy atom. The molecule has 0 radical (unpaired) electrons. The molecule has 0 aliphatic carbocycles. The summed E-state index contributed by atoms with van der Waals surface area (Å²) in [6.07, 6.45) is -0.561. The molecule has 4 nitrogen and oxygen atoms in total. The Kier molecular flexibility index (Phi) is 10.0. The molecule has 1 N–H and O–H groups in total. The van der Waals surface area contributed by atoms with E-state index in [-0.39, 0.29) is 65.6 Å². The number of pyridine rings is 1. The standard InChI is InChI=1S/C65H66N3O.Pt/c1-41-33-53(44-27-29-48(30-28-44)62(2,3)4)58(40-52(41)43-23-18-15-19-24-43)68-57-26-20-25-51(59(57)67-61(68)54-38-50(64(8,9)10)39-55(60(54)69)65(11,12)13)46-34-47(36-49(35-46)63(5,6)7)56-37-45(31-32-66-56)42-21-16-14-17-22-42;/h14-33,35-40,69H,1-13H3;/q-1;/i1D3,14D,16D,17D,21D,22D,31D,32D,37D;. The fraction of sp³-hybridized carbons (Fsp3) is 0.262. The van der Waals surface area contributed by atoms with E-state index < -0.39 is 66.2 Å². The maximum atomic E-state index is 12.8. The number of hydrogen-bond donors (Lipinski definition) is 1. The van der Waals surface area contributed by atoms with Crippen LogP contribution in [-0.2, 0) is 42.7 Å². The molecule has 0 amide bonds. The average Bonchev–Trinajstić information content (AvgIpc) is 3.77. The largest absolute Gasteiger partial charge is 0.507 e. The predicted octanol–water partition coefficient (Wildman–Crippen LogP) is 17.4. The van der Waals surface area contributed by atoms with E-state index in [0.717, 1.165) is 22.3 Å². The molecular weight excluding hydrogens is 1030 g/mol. The molecule has 5 heteroatoms. The Morgan fingerprint density at radius 2 is 1.20 bits per heavy atom. The number of aromatic nitrogens is 3. The maximum absolute atomic E-state index is 12.8. The van der Waals surface area contributed by atoms with Crippen LogP contribution in [0.15, 0.2) is 158 Å². The van der Waals surface area contributed by atoms with Crippen molar-refractivity contribution < 1.29 is 41.3 Å². The zero-order chi connectivity index (χ0) is 58.7. The molecule has 358 valence electrons. The van der Waals surface area contributed by atoms with Crippen molar-refractivity contribution in [3.05, 3.63) is 192 Å². The number of phenols is 1. The molecule has 0 aliphatic rings. The summed E-state index contributed by atoms with van der Waals surface area (Å²) in [6.45, 7) is 22.5. The molecule has 0 atom stereocenters. The zero-order valence-corrected chi connectivity index (χ0v) is 44.3. The second-order valence-electron chi connectivity index (χ2n) is 22.1. The summed E-state index contributed by atoms with van der Waals surface area (Å²) >= 11 is 0. The van der Waals surface area contributed by atoms with Gasteiger partial charge in [0.05, 0.1) is 33.3 Å². The molecule has 9 aromatic rings. The number of nitrogens with zero attached hydrogens (tertiary/aromatic N) is 3. The van der Waals surface area contributed by atoms with Crippen molar-refractivity contribution in [1.82, 2.24) is 14.5 Å². The van der Waals surface area contributed by atoms with Gasteiger partial charge in [-0.1, -0.05) is 203 Å². The number of rotatable bonds is 7. The minimum Gasteiger partial charge on any atom is -0.507 e. The fourth-order valence-corrected chi connectivity index (χ4v) is 8.78. The Balaban J connectivity index is 0.00000860. The van der Waals surface area contributed by atoms with E-state index in [1.54, 1.807) is 6.07 Å². The Bertz CT molecular complexity index is 3920. The van der Waals surface area contributed by atoms with Gasteiger partial charge in [-0.2, -0.15) is 0 Å². The number of para-hydroxylation sites is 1. The number of phenolic OH excluding ortho intramolecular Hbond substituents is 1. The van der Waals surface area contributed by atoms with Crippen molar-refractivity contribution in [2.75, 3.05) is 0 Å². The summed E-state index contributed by atoms with van der Waals surface area (Å²) in [4.78, 5) is 10.1. The molecule has 9 rings (SSSR count). The first-order valence-electron chi connectivity index (χ1n) is 29.0. The van der Waals surface area contributed by atoms with Gasteiger partial charge in [0, 0.05) is 48.2 Å². The monoisotopic (exact) mass is 1110 g/mol. The van der Waals surface area contributed by atoms with Gasteiger partial charge in [0.2, 0.25) is 0 Å². The van der Waals surface area contributed by atoms with E-state index in [4.69, 9.17) is 18.7 Å². The molecular formula is C65H66N3OPt-. The second kappa shape index (κ2) is 18.8. The van der Waals surface area contributed by atoms with E-state index in [0.29, 0.717) is 61.5 Å². The van der Waals surface area contributed by atoms with Crippen molar-refractivity contribution in [2.45, 2.75) is 112 Å². The number of hydrogen-bond acceptors (Lipinski definition) is 3. The quantitative estimate of drug-likeness (QED) is 0.162. The SMILES string of the molecule is [2H]c1nc(-c2[c-]c(-c3cccc4c3nc(-c3cc(C(C)(C)C)cc(C(C)(C)C)c3O)n4-c3cc(-c4ccccc4)c(C([2H])([2H])[2H])cc3-c3ccc(C(C)(C)C)cc3)cc(C(C)(C)C)c2)c([2H])c(-c2c([2H])c([2H])c([2H])c([2H])c2[2H])c1[2H].[Pt]. The van der Waals surface area contributed by atoms with Gasteiger partial charge in [0.15, 0.2) is 0 Å². The zero-order valence-electron chi connectivity index (χ0n) is 53.0. The first kappa shape index (κ1) is 37.5. The van der Waals surface area contributed by atoms with Crippen molar-refractivity contribution in [2.24, 2.45) is 0 Å². The summed E-state index contributed by atoms with van der Waals surface area (Å²) in [6, 6.07) is 34.3. The van der Waals surface area contributed by atoms with Crippen LogP contribution in [0.2, 0.25) is 0 Å². The molecule has 7 aromatic carbocycles. The minimum atomic E-state index is -2.53. The van der Waals surface area contributed by atoms with E-state index in [1.165, 1.54) is 0 Å². The van der Waals surface area contributed by atoms with Crippen LogP contribution in [0, 0.1) is 12.9 Å². The predicted molar refractivity (Wildman–Crippen MR) is 292 cm³/mol. The number of aromatic hydroxyl groups is 1. The van der Waals surface area contributed by atoms with Crippen LogP contribution >= 0.6 is 0 Å². The van der Waals surface area contributed by atoms with Crippen molar-refractivity contribution in [3.63, 3.8) is 0 Å². The summed E-state index contributed by atoms with van der Waals surface area (Å²) in [5.41, 5.74) is 7.40. The smallest absolute Gasteiger partial charge is 0.148 e. The van der Waals surface area contributed by atoms with Crippen molar-refractivity contribution >= 4 is 11.0 Å². The van der Waals surface area contributed by atoms with Crippen LogP contribution in [0.25, 0.3) is 83.9 Å². The van der Waals surface area contributed by atoms with Gasteiger partial charge in [-0.05, 0) is 103 Å². The van der Waals surface area contributed by atoms with Gasteiger partial charge in [-0.25, -0.2) is 4.98 Å². The average molecular weight is 1110 g/mol. The van der Waals surface area contributed by atoms with Crippen LogP contribution in [0.5, 0.6) is 5.75 Å². The molecule has 0 saturated carbocycles. The summed E-state index contributed by atoms with van der Waals surface area (Å²) in [5, 5.41) is 12.8. The first-order valence-corrected chi connectivity index (χ1v) is 23.5. The van der Waals surface area contributed by atoms with Crippen LogP contribution in [0.3, 0.4) is 0 Å². The Morgan fingerprint density at radius 3 is 1.84 bits per heavy atom. The minimum absolute atomic E-state index is 0. The second-order valence-corrected chi connectivity index (χ2v) is 22.1. The number of fused-ring (bicyclic) bond motifs is 1. The molecule has 2 aromatic heterocycles. The van der Waals surface area contributed by atoms with Gasteiger partial charge in [0.25, 0.3) is 0 Å². The first-order chi connectivity index (χ1) is 37.1. The van der Waals surface area contributed by atoms with Crippen LogP contribution in [0.1, 0.15) is 126 Å². The third-order valence-electron chi connectivity index (χ3n) is 12.9. The molecule has 0 spiro atoms. The summed E-state index contributed by atoms with van der Waals surface area (Å²) in [5.74, 6) is 0.420. The molecule has 0 bridgehead atoms. The number of imidazole rings is 1. The fourth-order valence-electron chi connectivity index (χ4n) is 8.78. The van der Waals surface area contributed by atoms with Crippen LogP contribution in [-0.4, -0.2) is 19.6 Å². The van der Waals surface area contributed by atoms with Crippen molar-refractivity contribution in [1.29, 1.82) is 0 Å².